The zero-order chi connectivity index (χ0) is 6.41. The van der Waals surface area contributed by atoms with Crippen LogP contribution >= 0.6 is 0 Å². The third-order valence-electron chi connectivity index (χ3n) is 0.711. The molecule has 0 heterocycles. The lowest BCUT2D eigenvalue weighted by molar-refractivity contribution is -0.109. The second kappa shape index (κ2) is 4.39. The minimum absolute atomic E-state index is 0.0880. The molecule has 0 aromatic carbocycles. The topological polar surface area (TPSA) is 17.1 Å². The quantitative estimate of drug-likeness (QED) is 0.366. The van der Waals surface area contributed by atoms with Crippen LogP contribution in [-0.4, -0.2) is 6.29 Å². The molecule has 0 aliphatic rings. The highest BCUT2D eigenvalue weighted by Crippen LogP contribution is 1.83. The van der Waals surface area contributed by atoms with Gasteiger partial charge in [0.2, 0.25) is 0 Å². The molecule has 0 fully saturated rings. The van der Waals surface area contributed by atoms with E-state index in [-0.39, 0.29) is 5.92 Å². The van der Waals surface area contributed by atoms with E-state index in [4.69, 9.17) is 0 Å². The summed E-state index contributed by atoms with van der Waals surface area (Å²) in [5, 5.41) is 0. The Morgan fingerprint density at radius 3 is 2.75 bits per heavy atom. The molecular formula is C7H10O. The smallest absolute Gasteiger partial charge is 0.134 e. The lowest BCUT2D eigenvalue weighted by atomic mass is 10.2. The average molecular weight is 110 g/mol. The molecule has 0 rings (SSSR count). The Labute approximate surface area is 50.1 Å². The maximum absolute atomic E-state index is 9.91. The third kappa shape index (κ3) is 3.42. The van der Waals surface area contributed by atoms with E-state index in [1.807, 2.05) is 6.92 Å². The van der Waals surface area contributed by atoms with E-state index in [2.05, 4.69) is 11.8 Å². The fourth-order valence-electron chi connectivity index (χ4n) is 0.297. The number of carbonyl (C=O) groups excluding carboxylic acids is 1. The molecule has 1 nitrogen and oxygen atoms in total. The number of rotatable bonds is 1. The highest BCUT2D eigenvalue weighted by atomic mass is 16.1. The van der Waals surface area contributed by atoms with Crippen molar-refractivity contribution in [1.82, 2.24) is 0 Å². The van der Waals surface area contributed by atoms with E-state index in [1.165, 1.54) is 0 Å². The van der Waals surface area contributed by atoms with Gasteiger partial charge in [-0.15, -0.1) is 5.92 Å². The van der Waals surface area contributed by atoms with Crippen molar-refractivity contribution in [2.75, 3.05) is 0 Å². The molecule has 0 bridgehead atoms. The molecule has 1 unspecified atom stereocenters. The number of hydrogen-bond donors (Lipinski definition) is 0. The molecule has 0 aromatic heterocycles. The summed E-state index contributed by atoms with van der Waals surface area (Å²) < 4.78 is 0. The van der Waals surface area contributed by atoms with Gasteiger partial charge in [-0.3, -0.25) is 0 Å². The summed E-state index contributed by atoms with van der Waals surface area (Å²) >= 11 is 0. The molecule has 0 aliphatic carbocycles. The Morgan fingerprint density at radius 2 is 2.38 bits per heavy atom. The highest BCUT2D eigenvalue weighted by molar-refractivity contribution is 5.57. The van der Waals surface area contributed by atoms with E-state index in [1.54, 1.807) is 6.92 Å². The molecule has 0 aromatic rings. The number of aldehydes is 1. The molecule has 0 spiro atoms. The largest absolute Gasteiger partial charge is 0.302 e. The van der Waals surface area contributed by atoms with Crippen LogP contribution in [0.5, 0.6) is 0 Å². The summed E-state index contributed by atoms with van der Waals surface area (Å²) in [6.07, 6.45) is 1.68. The van der Waals surface area contributed by atoms with Crippen LogP contribution in [0.4, 0.5) is 0 Å². The summed E-state index contributed by atoms with van der Waals surface area (Å²) in [5.74, 6) is 5.49. The van der Waals surface area contributed by atoms with Gasteiger partial charge < -0.3 is 4.79 Å². The maximum atomic E-state index is 9.91. The summed E-state index contributed by atoms with van der Waals surface area (Å²) in [6.45, 7) is 3.75. The molecule has 0 saturated heterocycles. The predicted octanol–water partition coefficient (Wildman–Crippen LogP) is 1.23. The zero-order valence-corrected chi connectivity index (χ0v) is 5.27. The van der Waals surface area contributed by atoms with E-state index in [0.29, 0.717) is 0 Å². The molecule has 0 N–H and O–H groups in total. The molecule has 0 aliphatic heterocycles. The number of carbonyl (C=O) groups is 1. The van der Waals surface area contributed by atoms with Crippen molar-refractivity contribution in [1.29, 1.82) is 0 Å². The molecule has 1 heteroatoms. The summed E-state index contributed by atoms with van der Waals surface area (Å²) in [6, 6.07) is 0. The lowest BCUT2D eigenvalue weighted by Crippen LogP contribution is -1.88. The first kappa shape index (κ1) is 7.23. The van der Waals surface area contributed by atoms with Gasteiger partial charge in [-0.1, -0.05) is 12.8 Å². The normalized spacial score (nSPS) is 11.2. The average Bonchev–Trinajstić information content (AvgIpc) is 1.83. The minimum Gasteiger partial charge on any atom is -0.302 e. The Kier molecular flexibility index (Phi) is 3.97. The van der Waals surface area contributed by atoms with Crippen molar-refractivity contribution in [3.05, 3.63) is 0 Å². The molecule has 0 amide bonds. The van der Waals surface area contributed by atoms with Crippen molar-refractivity contribution in [3.8, 4) is 11.8 Å². The van der Waals surface area contributed by atoms with Crippen LogP contribution in [-0.2, 0) is 4.79 Å². The predicted molar refractivity (Wildman–Crippen MR) is 33.3 cm³/mol. The van der Waals surface area contributed by atoms with Gasteiger partial charge in [0.25, 0.3) is 0 Å². The van der Waals surface area contributed by atoms with Gasteiger partial charge in [0.05, 0.1) is 5.92 Å². The van der Waals surface area contributed by atoms with Crippen LogP contribution in [0.1, 0.15) is 20.3 Å². The fraction of sp³-hybridized carbons (Fsp3) is 0.571. The molecular weight excluding hydrogens is 100 g/mol. The van der Waals surface area contributed by atoms with Crippen LogP contribution in [0.15, 0.2) is 0 Å². The second-order valence-corrected chi connectivity index (χ2v) is 1.60. The van der Waals surface area contributed by atoms with Gasteiger partial charge in [0.1, 0.15) is 6.29 Å². The van der Waals surface area contributed by atoms with Crippen LogP contribution in [0.3, 0.4) is 0 Å². The summed E-state index contributed by atoms with van der Waals surface area (Å²) in [4.78, 5) is 9.91. The zero-order valence-electron chi connectivity index (χ0n) is 5.27. The molecule has 0 saturated carbocycles. The van der Waals surface area contributed by atoms with Gasteiger partial charge in [-0.25, -0.2) is 0 Å². The van der Waals surface area contributed by atoms with Crippen molar-refractivity contribution in [2.24, 2.45) is 5.92 Å². The van der Waals surface area contributed by atoms with Crippen molar-refractivity contribution >= 4 is 6.29 Å². The van der Waals surface area contributed by atoms with E-state index < -0.39 is 0 Å². The lowest BCUT2D eigenvalue weighted by Gasteiger charge is -1.83. The summed E-state index contributed by atoms with van der Waals surface area (Å²) in [5.41, 5.74) is 0. The fourth-order valence-corrected chi connectivity index (χ4v) is 0.297. The SMILES string of the molecule is CCC#CC(C)C=O. The highest BCUT2D eigenvalue weighted by Gasteiger charge is 1.86. The van der Waals surface area contributed by atoms with E-state index in [9.17, 15) is 4.79 Å². The Bertz CT molecular complexity index is 116. The first-order valence-electron chi connectivity index (χ1n) is 2.75. The second-order valence-electron chi connectivity index (χ2n) is 1.60. The summed E-state index contributed by atoms with van der Waals surface area (Å²) in [7, 11) is 0. The number of hydrogen-bond acceptors (Lipinski definition) is 1. The standard InChI is InChI=1S/C7H10O/c1-3-4-5-7(2)6-8/h6-7H,3H2,1-2H3. The van der Waals surface area contributed by atoms with Crippen LogP contribution in [0, 0.1) is 17.8 Å². The van der Waals surface area contributed by atoms with Crippen LogP contribution < -0.4 is 0 Å². The van der Waals surface area contributed by atoms with E-state index in [0.717, 1.165) is 12.7 Å². The van der Waals surface area contributed by atoms with Crippen LogP contribution in [0.2, 0.25) is 0 Å². The van der Waals surface area contributed by atoms with Gasteiger partial charge >= 0.3 is 0 Å². The first-order chi connectivity index (χ1) is 3.81. The van der Waals surface area contributed by atoms with Crippen molar-refractivity contribution in [2.45, 2.75) is 20.3 Å². The Balaban J connectivity index is 3.50. The Hall–Kier alpha value is -0.770. The maximum Gasteiger partial charge on any atom is 0.134 e. The van der Waals surface area contributed by atoms with E-state index >= 15 is 0 Å². The van der Waals surface area contributed by atoms with Gasteiger partial charge in [-0.05, 0) is 6.92 Å². The van der Waals surface area contributed by atoms with Gasteiger partial charge in [0, 0.05) is 6.42 Å². The Morgan fingerprint density at radius 1 is 1.75 bits per heavy atom. The van der Waals surface area contributed by atoms with Crippen molar-refractivity contribution in [3.63, 3.8) is 0 Å². The molecule has 0 radical (unpaired) electrons. The first-order valence-corrected chi connectivity index (χ1v) is 2.75. The monoisotopic (exact) mass is 110 g/mol. The van der Waals surface area contributed by atoms with Crippen LogP contribution in [0.25, 0.3) is 0 Å². The van der Waals surface area contributed by atoms with Crippen molar-refractivity contribution < 1.29 is 4.79 Å². The minimum atomic E-state index is -0.0880. The van der Waals surface area contributed by atoms with Gasteiger partial charge in [0.15, 0.2) is 0 Å². The molecule has 8 heavy (non-hydrogen) atoms. The van der Waals surface area contributed by atoms with Gasteiger partial charge in [-0.2, -0.15) is 0 Å². The third-order valence-corrected chi connectivity index (χ3v) is 0.711. The molecule has 44 valence electrons. The molecule has 1 atom stereocenters.